The number of hydrogen-bond acceptors (Lipinski definition) is 4. The lowest BCUT2D eigenvalue weighted by Crippen LogP contribution is -2.32. The Bertz CT molecular complexity index is 911. The van der Waals surface area contributed by atoms with Crippen LogP contribution in [0, 0.1) is 5.92 Å². The molecule has 0 radical (unpaired) electrons. The maximum atomic E-state index is 12.9. The number of piperidine rings is 1. The van der Waals surface area contributed by atoms with Gasteiger partial charge in [0.25, 0.3) is 0 Å². The summed E-state index contributed by atoms with van der Waals surface area (Å²) in [6.45, 7) is 4.30. The molecule has 2 heterocycles. The van der Waals surface area contributed by atoms with Gasteiger partial charge in [-0.15, -0.1) is 0 Å². The number of likely N-dealkylation sites (tertiary alicyclic amines) is 1. The number of benzene rings is 2. The van der Waals surface area contributed by atoms with Crippen LogP contribution in [-0.2, 0) is 13.0 Å². The maximum Gasteiger partial charge on any atom is 0.189 e. The molecule has 4 nitrogen and oxygen atoms in total. The van der Waals surface area contributed by atoms with E-state index >= 15 is 0 Å². The second-order valence-corrected chi connectivity index (χ2v) is 7.95. The number of allylic oxidation sites excluding steroid dienone is 2. The van der Waals surface area contributed by atoms with Crippen molar-refractivity contribution in [2.24, 2.45) is 5.92 Å². The zero-order chi connectivity index (χ0) is 18.9. The van der Waals surface area contributed by atoms with Crippen molar-refractivity contribution in [1.82, 2.24) is 4.90 Å². The third-order valence-corrected chi connectivity index (χ3v) is 6.00. The topological polar surface area (TPSA) is 38.8 Å². The molecule has 0 bridgehead atoms. The monoisotopic (exact) mass is 375 g/mol. The van der Waals surface area contributed by atoms with Crippen LogP contribution in [0.25, 0.3) is 0 Å². The molecule has 0 spiro atoms. The minimum absolute atomic E-state index is 0.165. The van der Waals surface area contributed by atoms with Crippen LogP contribution in [0.4, 0.5) is 0 Å². The second kappa shape index (κ2) is 7.44. The molecule has 0 N–H and O–H groups in total. The first-order chi connectivity index (χ1) is 13.8. The van der Waals surface area contributed by atoms with Gasteiger partial charge in [-0.05, 0) is 55.1 Å². The number of fused-ring (bicyclic) bond motifs is 2. The van der Waals surface area contributed by atoms with Crippen molar-refractivity contribution in [3.05, 3.63) is 70.8 Å². The van der Waals surface area contributed by atoms with Gasteiger partial charge in [0.05, 0.1) is 0 Å². The maximum absolute atomic E-state index is 12.9. The summed E-state index contributed by atoms with van der Waals surface area (Å²) in [6, 6.07) is 14.5. The molecule has 1 fully saturated rings. The van der Waals surface area contributed by atoms with Crippen LogP contribution in [0.2, 0.25) is 0 Å². The van der Waals surface area contributed by atoms with E-state index in [0.717, 1.165) is 61.3 Å². The summed E-state index contributed by atoms with van der Waals surface area (Å²) in [7, 11) is 0. The molecular weight excluding hydrogens is 350 g/mol. The minimum Gasteiger partial charge on any atom is -0.486 e. The highest BCUT2D eigenvalue weighted by molar-refractivity contribution is 6.13. The SMILES string of the molecule is O=C1/C(=C/C2CCN(Cc3ccccc3)CC2)Cc2cc3c(cc21)OCCO3. The predicted octanol–water partition coefficient (Wildman–Crippen LogP) is 4.04. The van der Waals surface area contributed by atoms with Gasteiger partial charge in [0.1, 0.15) is 13.2 Å². The normalized spacial score (nSPS) is 21.1. The smallest absolute Gasteiger partial charge is 0.189 e. The van der Waals surface area contributed by atoms with Crippen molar-refractivity contribution in [2.75, 3.05) is 26.3 Å². The summed E-state index contributed by atoms with van der Waals surface area (Å²) in [5.41, 5.74) is 4.17. The van der Waals surface area contributed by atoms with Crippen molar-refractivity contribution in [3.63, 3.8) is 0 Å². The van der Waals surface area contributed by atoms with E-state index in [2.05, 4.69) is 41.3 Å². The van der Waals surface area contributed by atoms with E-state index in [0.29, 0.717) is 24.9 Å². The Hall–Kier alpha value is -2.59. The van der Waals surface area contributed by atoms with Gasteiger partial charge in [-0.1, -0.05) is 36.4 Å². The van der Waals surface area contributed by atoms with E-state index in [1.165, 1.54) is 5.56 Å². The van der Waals surface area contributed by atoms with Crippen LogP contribution in [0.15, 0.2) is 54.1 Å². The van der Waals surface area contributed by atoms with E-state index in [1.807, 2.05) is 12.1 Å². The van der Waals surface area contributed by atoms with Gasteiger partial charge in [-0.3, -0.25) is 9.69 Å². The summed E-state index contributed by atoms with van der Waals surface area (Å²) < 4.78 is 11.3. The molecule has 0 unspecified atom stereocenters. The molecule has 0 aromatic heterocycles. The first-order valence-corrected chi connectivity index (χ1v) is 10.2. The number of hydrogen-bond donors (Lipinski definition) is 0. The molecule has 28 heavy (non-hydrogen) atoms. The molecule has 0 saturated carbocycles. The number of rotatable bonds is 3. The molecular formula is C24H25NO3. The standard InChI is InChI=1S/C24H25NO3/c26-24-20(13-19-14-22-23(15-21(19)24)28-11-10-27-22)12-17-6-8-25(9-7-17)16-18-4-2-1-3-5-18/h1-5,12,14-15,17H,6-11,13,16H2/b20-12+. The van der Waals surface area contributed by atoms with Gasteiger partial charge < -0.3 is 9.47 Å². The van der Waals surface area contributed by atoms with Crippen molar-refractivity contribution < 1.29 is 14.3 Å². The van der Waals surface area contributed by atoms with Crippen LogP contribution in [-0.4, -0.2) is 37.0 Å². The lowest BCUT2D eigenvalue weighted by molar-refractivity contribution is 0.103. The van der Waals surface area contributed by atoms with Crippen molar-refractivity contribution >= 4 is 5.78 Å². The Balaban J connectivity index is 1.24. The number of carbonyl (C=O) groups excluding carboxylic acids is 1. The highest BCUT2D eigenvalue weighted by atomic mass is 16.6. The summed E-state index contributed by atoms with van der Waals surface area (Å²) >= 11 is 0. The quantitative estimate of drug-likeness (QED) is 0.759. The van der Waals surface area contributed by atoms with Crippen LogP contribution < -0.4 is 9.47 Å². The van der Waals surface area contributed by atoms with Gasteiger partial charge in [-0.25, -0.2) is 0 Å². The average Bonchev–Trinajstić information content (AvgIpc) is 3.03. The van der Waals surface area contributed by atoms with Crippen LogP contribution in [0.3, 0.4) is 0 Å². The fraction of sp³-hybridized carbons (Fsp3) is 0.375. The van der Waals surface area contributed by atoms with Crippen molar-refractivity contribution in [3.8, 4) is 11.5 Å². The number of ketones is 1. The van der Waals surface area contributed by atoms with Gasteiger partial charge in [-0.2, -0.15) is 0 Å². The fourth-order valence-corrected chi connectivity index (χ4v) is 4.49. The molecule has 2 aromatic carbocycles. The van der Waals surface area contributed by atoms with E-state index in [-0.39, 0.29) is 5.78 Å². The summed E-state index contributed by atoms with van der Waals surface area (Å²) in [5.74, 6) is 2.13. The van der Waals surface area contributed by atoms with Crippen molar-refractivity contribution in [1.29, 1.82) is 0 Å². The highest BCUT2D eigenvalue weighted by Crippen LogP contribution is 2.38. The fourth-order valence-electron chi connectivity index (χ4n) is 4.49. The molecule has 1 saturated heterocycles. The molecule has 2 aromatic rings. The molecule has 1 aliphatic carbocycles. The second-order valence-electron chi connectivity index (χ2n) is 7.95. The molecule has 0 atom stereocenters. The lowest BCUT2D eigenvalue weighted by atomic mass is 9.93. The average molecular weight is 375 g/mol. The van der Waals surface area contributed by atoms with E-state index < -0.39 is 0 Å². The molecule has 0 amide bonds. The Kier molecular flexibility index (Phi) is 4.65. The van der Waals surface area contributed by atoms with Gasteiger partial charge in [0.15, 0.2) is 17.3 Å². The third-order valence-electron chi connectivity index (χ3n) is 6.00. The van der Waals surface area contributed by atoms with E-state index in [1.54, 1.807) is 0 Å². The van der Waals surface area contributed by atoms with Crippen LogP contribution in [0.5, 0.6) is 11.5 Å². The number of Topliss-reactive ketones (excluding diaryl/α,β-unsaturated/α-hetero) is 1. The lowest BCUT2D eigenvalue weighted by Gasteiger charge is -2.30. The summed E-state index contributed by atoms with van der Waals surface area (Å²) in [4.78, 5) is 15.4. The molecule has 4 heteroatoms. The first-order valence-electron chi connectivity index (χ1n) is 10.2. The van der Waals surface area contributed by atoms with Crippen molar-refractivity contribution in [2.45, 2.75) is 25.8 Å². The minimum atomic E-state index is 0.165. The number of carbonyl (C=O) groups is 1. The highest BCUT2D eigenvalue weighted by Gasteiger charge is 2.29. The largest absolute Gasteiger partial charge is 0.486 e. The Morgan fingerprint density at radius 2 is 1.71 bits per heavy atom. The third kappa shape index (κ3) is 3.45. The van der Waals surface area contributed by atoms with Gasteiger partial charge >= 0.3 is 0 Å². The van der Waals surface area contributed by atoms with E-state index in [4.69, 9.17) is 9.47 Å². The molecule has 144 valence electrons. The summed E-state index contributed by atoms with van der Waals surface area (Å²) in [5, 5.41) is 0. The molecule has 5 rings (SSSR count). The summed E-state index contributed by atoms with van der Waals surface area (Å²) in [6.07, 6.45) is 5.18. The first kappa shape index (κ1) is 17.5. The Labute approximate surface area is 165 Å². The number of nitrogens with zero attached hydrogens (tertiary/aromatic N) is 1. The predicted molar refractivity (Wildman–Crippen MR) is 108 cm³/mol. The zero-order valence-electron chi connectivity index (χ0n) is 16.0. The Morgan fingerprint density at radius 1 is 1.00 bits per heavy atom. The Morgan fingerprint density at radius 3 is 2.46 bits per heavy atom. The molecule has 2 aliphatic heterocycles. The van der Waals surface area contributed by atoms with Gasteiger partial charge in [0, 0.05) is 24.1 Å². The number of ether oxygens (including phenoxy) is 2. The van der Waals surface area contributed by atoms with Crippen LogP contribution >= 0.6 is 0 Å². The van der Waals surface area contributed by atoms with Crippen LogP contribution in [0.1, 0.15) is 34.3 Å². The van der Waals surface area contributed by atoms with Gasteiger partial charge in [0.2, 0.25) is 0 Å². The van der Waals surface area contributed by atoms with E-state index in [9.17, 15) is 4.79 Å². The zero-order valence-corrected chi connectivity index (χ0v) is 16.0. The molecule has 3 aliphatic rings.